The fourth-order valence-electron chi connectivity index (χ4n) is 1.59. The smallest absolute Gasteiger partial charge is 0.338 e. The number of nitrogens with two attached hydrogens (primary N) is 1. The van der Waals surface area contributed by atoms with Crippen LogP contribution in [-0.2, 0) is 4.74 Å². The van der Waals surface area contributed by atoms with Gasteiger partial charge in [0, 0.05) is 5.69 Å². The zero-order valence-corrected chi connectivity index (χ0v) is 9.58. The molecule has 0 aromatic heterocycles. The lowest BCUT2D eigenvalue weighted by molar-refractivity contribution is 0.0603. The van der Waals surface area contributed by atoms with Crippen molar-refractivity contribution < 1.29 is 9.53 Å². The third-order valence-electron chi connectivity index (χ3n) is 2.31. The van der Waals surface area contributed by atoms with Crippen LogP contribution in [0.25, 0.3) is 10.8 Å². The third-order valence-corrected chi connectivity index (χ3v) is 2.31. The molecule has 0 amide bonds. The summed E-state index contributed by atoms with van der Waals surface area (Å²) in [6, 6.07) is 10.9. The highest BCUT2D eigenvalue weighted by atomic mass is 35.5. The molecule has 0 unspecified atom stereocenters. The first-order valence-electron chi connectivity index (χ1n) is 4.59. The Bertz CT molecular complexity index is 525. The summed E-state index contributed by atoms with van der Waals surface area (Å²) in [6.45, 7) is 0. The van der Waals surface area contributed by atoms with Crippen molar-refractivity contribution in [2.24, 2.45) is 0 Å². The van der Waals surface area contributed by atoms with Gasteiger partial charge in [-0.2, -0.15) is 0 Å². The highest BCUT2D eigenvalue weighted by molar-refractivity contribution is 6.05. The highest BCUT2D eigenvalue weighted by Gasteiger charge is 2.09. The minimum Gasteiger partial charge on any atom is -0.465 e. The Morgan fingerprint density at radius 2 is 2.00 bits per heavy atom. The van der Waals surface area contributed by atoms with E-state index in [2.05, 4.69) is 0 Å². The van der Waals surface area contributed by atoms with E-state index in [1.807, 2.05) is 24.3 Å². The summed E-state index contributed by atoms with van der Waals surface area (Å²) in [5.74, 6) is -0.328. The highest BCUT2D eigenvalue weighted by Crippen LogP contribution is 2.21. The average molecular weight is 238 g/mol. The Morgan fingerprint density at radius 1 is 1.25 bits per heavy atom. The van der Waals surface area contributed by atoms with Gasteiger partial charge in [0.05, 0.1) is 12.7 Å². The van der Waals surface area contributed by atoms with Crippen LogP contribution < -0.4 is 5.73 Å². The van der Waals surface area contributed by atoms with E-state index in [-0.39, 0.29) is 18.4 Å². The molecule has 0 heterocycles. The molecule has 3 nitrogen and oxygen atoms in total. The Balaban J connectivity index is 0.00000128. The first-order valence-corrected chi connectivity index (χ1v) is 4.59. The number of hydrogen-bond donors (Lipinski definition) is 1. The van der Waals surface area contributed by atoms with E-state index < -0.39 is 0 Å². The monoisotopic (exact) mass is 237 g/mol. The number of ether oxygens (including phenoxy) is 1. The number of rotatable bonds is 1. The summed E-state index contributed by atoms with van der Waals surface area (Å²) in [4.78, 5) is 11.5. The fourth-order valence-corrected chi connectivity index (χ4v) is 1.59. The average Bonchev–Trinajstić information content (AvgIpc) is 2.26. The van der Waals surface area contributed by atoms with Crippen LogP contribution in [0, 0.1) is 0 Å². The van der Waals surface area contributed by atoms with Crippen LogP contribution in [0.5, 0.6) is 0 Å². The Morgan fingerprint density at radius 3 is 2.69 bits per heavy atom. The summed E-state index contributed by atoms with van der Waals surface area (Å²) < 4.78 is 4.70. The number of nitrogen functional groups attached to an aromatic ring is 1. The summed E-state index contributed by atoms with van der Waals surface area (Å²) in [7, 11) is 1.37. The van der Waals surface area contributed by atoms with E-state index in [1.165, 1.54) is 7.11 Å². The lowest BCUT2D eigenvalue weighted by atomic mass is 10.0. The summed E-state index contributed by atoms with van der Waals surface area (Å²) >= 11 is 0. The number of esters is 1. The van der Waals surface area contributed by atoms with Crippen molar-refractivity contribution in [1.82, 2.24) is 0 Å². The maximum atomic E-state index is 11.5. The molecular formula is C12H12ClNO2. The third kappa shape index (κ3) is 2.09. The zero-order valence-electron chi connectivity index (χ0n) is 8.77. The lowest BCUT2D eigenvalue weighted by Crippen LogP contribution is -2.01. The zero-order chi connectivity index (χ0) is 10.8. The second-order valence-electron chi connectivity index (χ2n) is 3.28. The van der Waals surface area contributed by atoms with Crippen molar-refractivity contribution in [3.63, 3.8) is 0 Å². The van der Waals surface area contributed by atoms with Gasteiger partial charge in [-0.1, -0.05) is 18.2 Å². The molecule has 0 fully saturated rings. The van der Waals surface area contributed by atoms with Crippen LogP contribution in [0.1, 0.15) is 10.4 Å². The number of benzene rings is 2. The van der Waals surface area contributed by atoms with Crippen molar-refractivity contribution >= 4 is 34.8 Å². The van der Waals surface area contributed by atoms with Gasteiger partial charge in [-0.05, 0) is 29.0 Å². The Labute approximate surface area is 99.6 Å². The van der Waals surface area contributed by atoms with Crippen LogP contribution in [0.15, 0.2) is 36.4 Å². The molecule has 0 bridgehead atoms. The van der Waals surface area contributed by atoms with E-state index in [1.54, 1.807) is 12.1 Å². The van der Waals surface area contributed by atoms with Gasteiger partial charge < -0.3 is 10.5 Å². The molecule has 0 spiro atoms. The van der Waals surface area contributed by atoms with Crippen molar-refractivity contribution in [3.8, 4) is 0 Å². The van der Waals surface area contributed by atoms with Gasteiger partial charge in [-0.25, -0.2) is 4.79 Å². The largest absolute Gasteiger partial charge is 0.465 e. The number of halogens is 1. The Kier molecular flexibility index (Phi) is 3.74. The normalized spacial score (nSPS) is 9.56. The van der Waals surface area contributed by atoms with Gasteiger partial charge in [0.15, 0.2) is 0 Å². The molecule has 0 aliphatic carbocycles. The van der Waals surface area contributed by atoms with E-state index in [0.29, 0.717) is 11.3 Å². The fraction of sp³-hybridized carbons (Fsp3) is 0.0833. The van der Waals surface area contributed by atoms with E-state index in [4.69, 9.17) is 10.5 Å². The molecule has 0 radical (unpaired) electrons. The molecule has 2 aromatic rings. The lowest BCUT2D eigenvalue weighted by Gasteiger charge is -2.04. The SMILES string of the molecule is COC(=O)c1cccc2cc(N)ccc12.Cl. The van der Waals surface area contributed by atoms with Gasteiger partial charge in [0.1, 0.15) is 0 Å². The van der Waals surface area contributed by atoms with Gasteiger partial charge in [-0.3, -0.25) is 0 Å². The molecular weight excluding hydrogens is 226 g/mol. The number of carbonyl (C=O) groups is 1. The molecule has 2 N–H and O–H groups in total. The first-order chi connectivity index (χ1) is 7.22. The van der Waals surface area contributed by atoms with Gasteiger partial charge in [-0.15, -0.1) is 12.4 Å². The second-order valence-corrected chi connectivity index (χ2v) is 3.28. The second kappa shape index (κ2) is 4.86. The van der Waals surface area contributed by atoms with E-state index >= 15 is 0 Å². The predicted octanol–water partition coefficient (Wildman–Crippen LogP) is 2.63. The van der Waals surface area contributed by atoms with Crippen molar-refractivity contribution in [3.05, 3.63) is 42.0 Å². The topological polar surface area (TPSA) is 52.3 Å². The minimum atomic E-state index is -0.328. The van der Waals surface area contributed by atoms with Crippen LogP contribution in [0.4, 0.5) is 5.69 Å². The molecule has 0 atom stereocenters. The van der Waals surface area contributed by atoms with Crippen LogP contribution >= 0.6 is 12.4 Å². The number of hydrogen-bond acceptors (Lipinski definition) is 3. The van der Waals surface area contributed by atoms with Gasteiger partial charge in [0.25, 0.3) is 0 Å². The molecule has 0 saturated carbocycles. The van der Waals surface area contributed by atoms with Crippen LogP contribution in [0.3, 0.4) is 0 Å². The van der Waals surface area contributed by atoms with Crippen molar-refractivity contribution in [2.75, 3.05) is 12.8 Å². The van der Waals surface area contributed by atoms with Crippen molar-refractivity contribution in [1.29, 1.82) is 0 Å². The van der Waals surface area contributed by atoms with E-state index in [9.17, 15) is 4.79 Å². The van der Waals surface area contributed by atoms with E-state index in [0.717, 1.165) is 10.8 Å². The Hall–Kier alpha value is -1.74. The molecule has 0 aliphatic heterocycles. The van der Waals surface area contributed by atoms with Gasteiger partial charge in [0.2, 0.25) is 0 Å². The van der Waals surface area contributed by atoms with Crippen LogP contribution in [-0.4, -0.2) is 13.1 Å². The first kappa shape index (κ1) is 12.3. The number of carbonyl (C=O) groups excluding carboxylic acids is 1. The quantitative estimate of drug-likeness (QED) is 0.613. The van der Waals surface area contributed by atoms with Gasteiger partial charge >= 0.3 is 5.97 Å². The maximum Gasteiger partial charge on any atom is 0.338 e. The predicted molar refractivity (Wildman–Crippen MR) is 66.9 cm³/mol. The molecule has 0 saturated heterocycles. The summed E-state index contributed by atoms with van der Waals surface area (Å²) in [5, 5.41) is 1.80. The molecule has 2 aromatic carbocycles. The number of fused-ring (bicyclic) bond motifs is 1. The summed E-state index contributed by atoms with van der Waals surface area (Å²) in [5.41, 5.74) is 6.92. The number of anilines is 1. The maximum absolute atomic E-state index is 11.5. The molecule has 16 heavy (non-hydrogen) atoms. The van der Waals surface area contributed by atoms with Crippen molar-refractivity contribution in [2.45, 2.75) is 0 Å². The molecule has 2 rings (SSSR count). The minimum absolute atomic E-state index is 0. The standard InChI is InChI=1S/C12H11NO2.ClH/c1-15-12(14)11-4-2-3-8-7-9(13)5-6-10(8)11;/h2-7H,13H2,1H3;1H. The number of methoxy groups -OCH3 is 1. The van der Waals surface area contributed by atoms with Crippen LogP contribution in [0.2, 0.25) is 0 Å². The molecule has 84 valence electrons. The summed E-state index contributed by atoms with van der Waals surface area (Å²) in [6.07, 6.45) is 0. The molecule has 0 aliphatic rings. The molecule has 4 heteroatoms.